The Morgan fingerprint density at radius 3 is 2.92 bits per heavy atom. The van der Waals surface area contributed by atoms with Gasteiger partial charge in [0.25, 0.3) is 0 Å². The van der Waals surface area contributed by atoms with Crippen LogP contribution in [-0.2, 0) is 16.6 Å². The number of piperidine rings is 1. The summed E-state index contributed by atoms with van der Waals surface area (Å²) in [5.41, 5.74) is 0.369. The van der Waals surface area contributed by atoms with Crippen LogP contribution in [0.1, 0.15) is 44.2 Å². The van der Waals surface area contributed by atoms with Crippen molar-refractivity contribution in [3.8, 4) is 11.5 Å². The zero-order valence-electron chi connectivity index (χ0n) is 14.8. The fraction of sp³-hybridized carbons (Fsp3) is 0.650. The molecule has 2 bridgehead atoms. The smallest absolute Gasteiger partial charge is 0.174 e. The van der Waals surface area contributed by atoms with Crippen LogP contribution in [-0.4, -0.2) is 51.7 Å². The van der Waals surface area contributed by atoms with Crippen LogP contribution in [0.3, 0.4) is 0 Å². The number of Topliss-reactive ketones (excluding diaryl/α,β-unsaturated/α-hetero) is 1. The molecule has 2 fully saturated rings. The van der Waals surface area contributed by atoms with E-state index in [1.165, 1.54) is 0 Å². The number of carbonyl (C=O) groups is 1. The standard InChI is InChI=1S/C20H25NO4/c1-11(2)10-21-8-7-19-16-12-3-4-13(22)17(16)25-18(19)14(23)5-6-20(19,24)15(21)9-12/h3-4,11,15,18,22,24H,5-10H2,1-2H3/t15-,18+,19?,20-/m1/s1. The molecule has 1 spiro atoms. The van der Waals surface area contributed by atoms with Crippen LogP contribution < -0.4 is 4.74 Å². The third kappa shape index (κ3) is 1.69. The van der Waals surface area contributed by atoms with Gasteiger partial charge in [-0.15, -0.1) is 0 Å². The summed E-state index contributed by atoms with van der Waals surface area (Å²) in [6, 6.07) is 3.62. The van der Waals surface area contributed by atoms with Gasteiger partial charge >= 0.3 is 0 Å². The van der Waals surface area contributed by atoms with Crippen LogP contribution in [0, 0.1) is 5.92 Å². The minimum atomic E-state index is -0.967. The highest BCUT2D eigenvalue weighted by Crippen LogP contribution is 2.64. The number of likely N-dealkylation sites (tertiary alicyclic amines) is 1. The first-order chi connectivity index (χ1) is 11.9. The number of aromatic hydroxyl groups is 1. The molecular weight excluding hydrogens is 318 g/mol. The van der Waals surface area contributed by atoms with Crippen LogP contribution >= 0.6 is 0 Å². The van der Waals surface area contributed by atoms with Crippen molar-refractivity contribution < 1.29 is 19.7 Å². The summed E-state index contributed by atoms with van der Waals surface area (Å²) in [6.07, 6.45) is 1.63. The molecule has 2 aliphatic heterocycles. The molecule has 1 saturated carbocycles. The molecule has 2 aliphatic carbocycles. The van der Waals surface area contributed by atoms with E-state index in [0.717, 1.165) is 30.6 Å². The molecule has 4 atom stereocenters. The Morgan fingerprint density at radius 1 is 1.36 bits per heavy atom. The van der Waals surface area contributed by atoms with E-state index in [1.807, 2.05) is 6.07 Å². The van der Waals surface area contributed by atoms with E-state index in [2.05, 4.69) is 18.7 Å². The van der Waals surface area contributed by atoms with Crippen molar-refractivity contribution >= 4 is 5.78 Å². The van der Waals surface area contributed by atoms with Crippen molar-refractivity contribution in [2.24, 2.45) is 5.92 Å². The largest absolute Gasteiger partial charge is 0.504 e. The quantitative estimate of drug-likeness (QED) is 0.856. The first-order valence-corrected chi connectivity index (χ1v) is 9.39. The lowest BCUT2D eigenvalue weighted by Crippen LogP contribution is -2.76. The lowest BCUT2D eigenvalue weighted by molar-refractivity contribution is -0.189. The molecule has 5 nitrogen and oxygen atoms in total. The molecule has 0 radical (unpaired) electrons. The van der Waals surface area contributed by atoms with Gasteiger partial charge in [0.15, 0.2) is 23.4 Å². The first-order valence-electron chi connectivity index (χ1n) is 9.39. The minimum absolute atomic E-state index is 0.00541. The van der Waals surface area contributed by atoms with Crippen molar-refractivity contribution in [2.45, 2.75) is 62.7 Å². The number of hydrogen-bond acceptors (Lipinski definition) is 5. The van der Waals surface area contributed by atoms with Gasteiger partial charge in [-0.05, 0) is 43.4 Å². The monoisotopic (exact) mass is 343 g/mol. The summed E-state index contributed by atoms with van der Waals surface area (Å²) in [4.78, 5) is 15.1. The average Bonchev–Trinajstić information content (AvgIpc) is 2.91. The predicted octanol–water partition coefficient (Wildman–Crippen LogP) is 1.77. The van der Waals surface area contributed by atoms with E-state index >= 15 is 0 Å². The second-order valence-electron chi connectivity index (χ2n) is 8.67. The molecule has 4 aliphatic rings. The lowest BCUT2D eigenvalue weighted by Gasteiger charge is -2.62. The highest BCUT2D eigenvalue weighted by atomic mass is 16.5. The molecule has 1 unspecified atom stereocenters. The molecule has 25 heavy (non-hydrogen) atoms. The molecule has 134 valence electrons. The Morgan fingerprint density at radius 2 is 2.16 bits per heavy atom. The summed E-state index contributed by atoms with van der Waals surface area (Å²) >= 11 is 0. The normalized spacial score (nSPS) is 38.6. The maximum atomic E-state index is 12.7. The number of carbonyl (C=O) groups excluding carboxylic acids is 1. The summed E-state index contributed by atoms with van der Waals surface area (Å²) in [5, 5.41) is 22.3. The predicted molar refractivity (Wildman–Crippen MR) is 91.9 cm³/mol. The van der Waals surface area contributed by atoms with Gasteiger partial charge in [-0.25, -0.2) is 0 Å². The van der Waals surface area contributed by atoms with Gasteiger partial charge in [-0.3, -0.25) is 9.69 Å². The van der Waals surface area contributed by atoms with Crippen LogP contribution in [0.15, 0.2) is 12.1 Å². The zero-order chi connectivity index (χ0) is 17.6. The number of rotatable bonds is 2. The summed E-state index contributed by atoms with van der Waals surface area (Å²) in [5.74, 6) is 1.10. The van der Waals surface area contributed by atoms with E-state index < -0.39 is 17.1 Å². The number of ketones is 1. The van der Waals surface area contributed by atoms with Crippen LogP contribution in [0.2, 0.25) is 0 Å². The number of nitrogens with zero attached hydrogens (tertiary/aromatic N) is 1. The number of ether oxygens (including phenoxy) is 1. The number of phenolic OH excluding ortho intramolecular Hbond substituents is 1. The van der Waals surface area contributed by atoms with E-state index in [4.69, 9.17) is 4.74 Å². The first kappa shape index (κ1) is 15.6. The van der Waals surface area contributed by atoms with Gasteiger partial charge in [0.2, 0.25) is 0 Å². The van der Waals surface area contributed by atoms with Gasteiger partial charge in [0.05, 0.1) is 11.0 Å². The lowest BCUT2D eigenvalue weighted by atomic mass is 9.49. The van der Waals surface area contributed by atoms with Gasteiger partial charge in [0, 0.05) is 24.6 Å². The Labute approximate surface area is 147 Å². The van der Waals surface area contributed by atoms with E-state index in [0.29, 0.717) is 30.9 Å². The fourth-order valence-electron chi connectivity index (χ4n) is 6.10. The van der Waals surface area contributed by atoms with Gasteiger partial charge in [-0.2, -0.15) is 0 Å². The van der Waals surface area contributed by atoms with E-state index in [-0.39, 0.29) is 17.6 Å². The molecule has 1 saturated heterocycles. The van der Waals surface area contributed by atoms with E-state index in [1.54, 1.807) is 6.07 Å². The number of phenols is 1. The highest BCUT2D eigenvalue weighted by molar-refractivity contribution is 5.90. The third-order valence-corrected chi connectivity index (χ3v) is 6.97. The number of hydrogen-bond donors (Lipinski definition) is 2. The van der Waals surface area contributed by atoms with Crippen molar-refractivity contribution in [2.75, 3.05) is 13.1 Å². The van der Waals surface area contributed by atoms with Crippen molar-refractivity contribution in [1.29, 1.82) is 0 Å². The molecule has 0 aromatic heterocycles. The Balaban J connectivity index is 1.75. The van der Waals surface area contributed by atoms with Crippen LogP contribution in [0.25, 0.3) is 0 Å². The highest BCUT2D eigenvalue weighted by Gasteiger charge is 2.73. The summed E-state index contributed by atoms with van der Waals surface area (Å²) in [6.45, 7) is 6.20. The third-order valence-electron chi connectivity index (χ3n) is 6.97. The number of benzene rings is 1. The maximum Gasteiger partial charge on any atom is 0.174 e. The molecule has 2 N–H and O–H groups in total. The maximum absolute atomic E-state index is 12.7. The Hall–Kier alpha value is -1.59. The molecule has 1 aromatic rings. The van der Waals surface area contributed by atoms with Gasteiger partial charge in [-0.1, -0.05) is 19.9 Å². The molecule has 5 heteroatoms. The average molecular weight is 343 g/mol. The summed E-state index contributed by atoms with van der Waals surface area (Å²) < 4.78 is 6.03. The summed E-state index contributed by atoms with van der Waals surface area (Å²) in [7, 11) is 0. The van der Waals surface area contributed by atoms with Crippen molar-refractivity contribution in [1.82, 2.24) is 4.90 Å². The van der Waals surface area contributed by atoms with Crippen LogP contribution in [0.4, 0.5) is 0 Å². The van der Waals surface area contributed by atoms with Gasteiger partial charge in [0.1, 0.15) is 0 Å². The topological polar surface area (TPSA) is 70.0 Å². The Kier molecular flexibility index (Phi) is 2.99. The van der Waals surface area contributed by atoms with Gasteiger partial charge < -0.3 is 14.9 Å². The van der Waals surface area contributed by atoms with Crippen molar-refractivity contribution in [3.63, 3.8) is 0 Å². The molecule has 1 aromatic carbocycles. The zero-order valence-corrected chi connectivity index (χ0v) is 14.8. The molecule has 5 rings (SSSR count). The Bertz CT molecular complexity index is 775. The minimum Gasteiger partial charge on any atom is -0.504 e. The molecular formula is C20H25NO4. The molecule has 2 heterocycles. The fourth-order valence-corrected chi connectivity index (χ4v) is 6.10. The van der Waals surface area contributed by atoms with E-state index in [9.17, 15) is 15.0 Å². The SMILES string of the molecule is CC(C)CN1CCC23c4c5ccc(O)c4O[C@H]2C(=O)CC[C@@]3(O)[C@H]1C5. The number of aliphatic hydroxyl groups is 1. The van der Waals surface area contributed by atoms with Crippen molar-refractivity contribution in [3.05, 3.63) is 23.3 Å². The van der Waals surface area contributed by atoms with Crippen LogP contribution in [0.5, 0.6) is 11.5 Å². The second kappa shape index (κ2) is 4.77. The second-order valence-corrected chi connectivity index (χ2v) is 8.67. The molecule has 0 amide bonds.